The molecule has 13 heavy (non-hydrogen) atoms. The minimum absolute atomic E-state index is 0.109. The molecule has 0 bridgehead atoms. The van der Waals surface area contributed by atoms with Crippen LogP contribution >= 0.6 is 15.9 Å². The second-order valence-electron chi connectivity index (χ2n) is 3.44. The summed E-state index contributed by atoms with van der Waals surface area (Å²) in [5.74, 6) is -1.78. The Morgan fingerprint density at radius 2 is 1.77 bits per heavy atom. The van der Waals surface area contributed by atoms with Crippen LogP contribution in [0.5, 0.6) is 0 Å². The smallest absolute Gasteiger partial charge is 0.173 e. The highest BCUT2D eigenvalue weighted by atomic mass is 79.9. The number of halogens is 3. The summed E-state index contributed by atoms with van der Waals surface area (Å²) < 4.78 is 26.4. The second kappa shape index (κ2) is 3.35. The van der Waals surface area contributed by atoms with E-state index >= 15 is 0 Å². The average molecular weight is 250 g/mol. The number of rotatable bonds is 1. The summed E-state index contributed by atoms with van der Waals surface area (Å²) in [6.07, 6.45) is 0. The highest BCUT2D eigenvalue weighted by Gasteiger charge is 2.22. The molecule has 0 heterocycles. The monoisotopic (exact) mass is 249 g/mol. The predicted octanol–water partition coefficient (Wildman–Crippen LogP) is 2.92. The van der Waals surface area contributed by atoms with E-state index in [0.717, 1.165) is 0 Å². The van der Waals surface area contributed by atoms with Crippen molar-refractivity contribution in [2.75, 3.05) is 0 Å². The van der Waals surface area contributed by atoms with Gasteiger partial charge in [0.2, 0.25) is 0 Å². The van der Waals surface area contributed by atoms with Gasteiger partial charge in [-0.25, -0.2) is 8.78 Å². The van der Waals surface area contributed by atoms with Gasteiger partial charge in [0, 0.05) is 11.1 Å². The highest BCUT2D eigenvalue weighted by molar-refractivity contribution is 9.10. The van der Waals surface area contributed by atoms with Crippen LogP contribution in [0.3, 0.4) is 0 Å². The Kier molecular flexibility index (Phi) is 2.73. The molecule has 0 unspecified atom stereocenters. The average Bonchev–Trinajstić information content (AvgIpc) is 1.98. The quantitative estimate of drug-likeness (QED) is 0.762. The number of hydrogen-bond donors (Lipinski definition) is 1. The summed E-state index contributed by atoms with van der Waals surface area (Å²) in [6.45, 7) is 3.25. The van der Waals surface area contributed by atoms with Crippen LogP contribution in [-0.4, -0.2) is 0 Å². The van der Waals surface area contributed by atoms with Crippen molar-refractivity contribution in [2.45, 2.75) is 19.4 Å². The number of hydrogen-bond acceptors (Lipinski definition) is 1. The Morgan fingerprint density at radius 1 is 1.23 bits per heavy atom. The normalized spacial score (nSPS) is 11.8. The van der Waals surface area contributed by atoms with E-state index < -0.39 is 17.2 Å². The van der Waals surface area contributed by atoms with Crippen molar-refractivity contribution in [3.05, 3.63) is 33.8 Å². The predicted molar refractivity (Wildman–Crippen MR) is 51.3 cm³/mol. The summed E-state index contributed by atoms with van der Waals surface area (Å²) in [6, 6.07) is 2.92. The Morgan fingerprint density at radius 3 is 2.23 bits per heavy atom. The topological polar surface area (TPSA) is 26.0 Å². The van der Waals surface area contributed by atoms with E-state index in [1.165, 1.54) is 12.1 Å². The maximum atomic E-state index is 13.3. The first-order chi connectivity index (χ1) is 5.84. The Labute approximate surface area is 84.1 Å². The SMILES string of the molecule is CC(C)(N)c1ccc(Br)c(F)c1F. The van der Waals surface area contributed by atoms with E-state index in [-0.39, 0.29) is 10.0 Å². The maximum absolute atomic E-state index is 13.3. The van der Waals surface area contributed by atoms with E-state index in [1.54, 1.807) is 13.8 Å². The molecule has 0 aliphatic heterocycles. The molecular weight excluding hydrogens is 240 g/mol. The van der Waals surface area contributed by atoms with E-state index in [1.807, 2.05) is 0 Å². The summed E-state index contributed by atoms with van der Waals surface area (Å²) in [5, 5.41) is 0. The van der Waals surface area contributed by atoms with Crippen LogP contribution in [0.4, 0.5) is 8.78 Å². The van der Waals surface area contributed by atoms with Gasteiger partial charge < -0.3 is 5.73 Å². The lowest BCUT2D eigenvalue weighted by molar-refractivity contribution is 0.452. The minimum Gasteiger partial charge on any atom is -0.322 e. The molecule has 1 rings (SSSR count). The first kappa shape index (κ1) is 10.6. The van der Waals surface area contributed by atoms with Gasteiger partial charge in [0.05, 0.1) is 4.47 Å². The summed E-state index contributed by atoms with van der Waals surface area (Å²) in [7, 11) is 0. The van der Waals surface area contributed by atoms with Crippen molar-refractivity contribution >= 4 is 15.9 Å². The minimum atomic E-state index is -0.893. The van der Waals surface area contributed by atoms with Gasteiger partial charge in [0.15, 0.2) is 11.6 Å². The van der Waals surface area contributed by atoms with Gasteiger partial charge in [-0.05, 0) is 35.8 Å². The van der Waals surface area contributed by atoms with Gasteiger partial charge in [-0.1, -0.05) is 6.07 Å². The van der Waals surface area contributed by atoms with Crippen LogP contribution in [0.2, 0.25) is 0 Å². The highest BCUT2D eigenvalue weighted by Crippen LogP contribution is 2.26. The van der Waals surface area contributed by atoms with Crippen LogP contribution in [0.25, 0.3) is 0 Å². The van der Waals surface area contributed by atoms with Gasteiger partial charge in [0.1, 0.15) is 0 Å². The first-order valence-corrected chi connectivity index (χ1v) is 4.56. The van der Waals surface area contributed by atoms with E-state index in [4.69, 9.17) is 5.73 Å². The fourth-order valence-electron chi connectivity index (χ4n) is 1.02. The Balaban J connectivity index is 3.35. The van der Waals surface area contributed by atoms with Crippen molar-refractivity contribution in [2.24, 2.45) is 5.73 Å². The van der Waals surface area contributed by atoms with Gasteiger partial charge >= 0.3 is 0 Å². The molecule has 2 N–H and O–H groups in total. The molecule has 0 fully saturated rings. The fraction of sp³-hybridized carbons (Fsp3) is 0.333. The molecule has 1 aromatic rings. The molecule has 0 radical (unpaired) electrons. The van der Waals surface area contributed by atoms with E-state index in [0.29, 0.717) is 0 Å². The lowest BCUT2D eigenvalue weighted by Crippen LogP contribution is -2.30. The summed E-state index contributed by atoms with van der Waals surface area (Å²) >= 11 is 2.89. The zero-order chi connectivity index (χ0) is 10.2. The third-order valence-corrected chi connectivity index (χ3v) is 2.34. The number of nitrogens with two attached hydrogens (primary N) is 1. The zero-order valence-corrected chi connectivity index (χ0v) is 8.95. The van der Waals surface area contributed by atoms with Crippen molar-refractivity contribution in [3.8, 4) is 0 Å². The zero-order valence-electron chi connectivity index (χ0n) is 7.37. The molecule has 72 valence electrons. The number of benzene rings is 1. The maximum Gasteiger partial charge on any atom is 0.173 e. The third kappa shape index (κ3) is 2.06. The molecular formula is C9H10BrF2N. The molecule has 0 atom stereocenters. The van der Waals surface area contributed by atoms with Gasteiger partial charge in [-0.3, -0.25) is 0 Å². The second-order valence-corrected chi connectivity index (χ2v) is 4.30. The van der Waals surface area contributed by atoms with E-state index in [9.17, 15) is 8.78 Å². The fourth-order valence-corrected chi connectivity index (χ4v) is 1.33. The Hall–Kier alpha value is -0.480. The lowest BCUT2D eigenvalue weighted by atomic mass is 9.95. The molecule has 0 amide bonds. The lowest BCUT2D eigenvalue weighted by Gasteiger charge is -2.20. The van der Waals surface area contributed by atoms with Crippen LogP contribution in [-0.2, 0) is 5.54 Å². The molecule has 4 heteroatoms. The largest absolute Gasteiger partial charge is 0.322 e. The first-order valence-electron chi connectivity index (χ1n) is 3.77. The molecule has 0 aromatic heterocycles. The molecule has 0 saturated heterocycles. The Bertz CT molecular complexity index is 331. The molecule has 1 nitrogen and oxygen atoms in total. The van der Waals surface area contributed by atoms with Crippen molar-refractivity contribution in [1.29, 1.82) is 0 Å². The van der Waals surface area contributed by atoms with E-state index in [2.05, 4.69) is 15.9 Å². The molecule has 0 spiro atoms. The summed E-state index contributed by atoms with van der Waals surface area (Å²) in [5.41, 5.74) is 4.96. The van der Waals surface area contributed by atoms with Crippen LogP contribution in [0.1, 0.15) is 19.4 Å². The standard InChI is InChI=1S/C9H10BrF2N/c1-9(2,13)5-3-4-6(10)8(12)7(5)11/h3-4H,13H2,1-2H3. The molecule has 1 aromatic carbocycles. The molecule has 0 aliphatic carbocycles. The van der Waals surface area contributed by atoms with Gasteiger partial charge in [-0.2, -0.15) is 0 Å². The molecule has 0 aliphatic rings. The van der Waals surface area contributed by atoms with Crippen molar-refractivity contribution in [1.82, 2.24) is 0 Å². The summed E-state index contributed by atoms with van der Waals surface area (Å²) in [4.78, 5) is 0. The van der Waals surface area contributed by atoms with Crippen LogP contribution in [0, 0.1) is 11.6 Å². The third-order valence-electron chi connectivity index (χ3n) is 1.73. The van der Waals surface area contributed by atoms with Crippen molar-refractivity contribution < 1.29 is 8.78 Å². The van der Waals surface area contributed by atoms with Crippen LogP contribution in [0.15, 0.2) is 16.6 Å². The van der Waals surface area contributed by atoms with Crippen LogP contribution < -0.4 is 5.73 Å². The van der Waals surface area contributed by atoms with Gasteiger partial charge in [0.25, 0.3) is 0 Å². The van der Waals surface area contributed by atoms with Gasteiger partial charge in [-0.15, -0.1) is 0 Å². The molecule has 0 saturated carbocycles. The van der Waals surface area contributed by atoms with Crippen molar-refractivity contribution in [3.63, 3.8) is 0 Å².